The minimum Gasteiger partial charge on any atom is -0.462 e. The highest BCUT2D eigenvalue weighted by Gasteiger charge is 2.41. The molecule has 0 aliphatic rings. The summed E-state index contributed by atoms with van der Waals surface area (Å²) in [6, 6.07) is 8.52. The van der Waals surface area contributed by atoms with Gasteiger partial charge in [0.05, 0.1) is 24.1 Å². The molecule has 3 aromatic rings. The van der Waals surface area contributed by atoms with Gasteiger partial charge in [0, 0.05) is 11.9 Å². The van der Waals surface area contributed by atoms with Crippen molar-refractivity contribution in [3.8, 4) is 5.69 Å². The molecule has 11 heteroatoms. The molecule has 1 aromatic carbocycles. The first kappa shape index (κ1) is 21.3. The van der Waals surface area contributed by atoms with Crippen molar-refractivity contribution in [3.05, 3.63) is 70.8 Å². The fraction of sp³-hybridized carbons (Fsp3) is 0.158. The van der Waals surface area contributed by atoms with Crippen molar-refractivity contribution < 1.29 is 27.5 Å². The van der Waals surface area contributed by atoms with Crippen LogP contribution in [0, 0.1) is 0 Å². The standard InChI is InChI=1S/C19H14ClF3N4O3/c1-2-30-18(29)14-10-25-27(15(14)19(21,22)23)12-6-3-5-11(9-12)26-17(28)13-7-4-8-24-16(13)20/h3-10H,2H2,1H3,(H,26,28). The van der Waals surface area contributed by atoms with Crippen LogP contribution in [0.15, 0.2) is 48.8 Å². The predicted octanol–water partition coefficient (Wildman–Crippen LogP) is 4.37. The fourth-order valence-electron chi connectivity index (χ4n) is 2.64. The Balaban J connectivity index is 1.97. The van der Waals surface area contributed by atoms with Crippen molar-refractivity contribution in [1.29, 1.82) is 0 Å². The molecule has 0 bridgehead atoms. The summed E-state index contributed by atoms with van der Waals surface area (Å²) in [6.07, 6.45) is -2.67. The van der Waals surface area contributed by atoms with Crippen LogP contribution in [0.25, 0.3) is 5.69 Å². The van der Waals surface area contributed by atoms with Gasteiger partial charge in [0.2, 0.25) is 0 Å². The van der Waals surface area contributed by atoms with Gasteiger partial charge in [-0.05, 0) is 37.3 Å². The zero-order valence-corrected chi connectivity index (χ0v) is 16.2. The van der Waals surface area contributed by atoms with Crippen LogP contribution in [-0.4, -0.2) is 33.2 Å². The van der Waals surface area contributed by atoms with Gasteiger partial charge in [-0.1, -0.05) is 17.7 Å². The van der Waals surface area contributed by atoms with Crippen molar-refractivity contribution >= 4 is 29.2 Å². The summed E-state index contributed by atoms with van der Waals surface area (Å²) < 4.78 is 46.2. The van der Waals surface area contributed by atoms with E-state index in [1.807, 2.05) is 0 Å². The molecule has 0 unspecified atom stereocenters. The molecule has 156 valence electrons. The highest BCUT2D eigenvalue weighted by molar-refractivity contribution is 6.33. The zero-order chi connectivity index (χ0) is 21.9. The minimum absolute atomic E-state index is 0.0170. The molecule has 2 heterocycles. The van der Waals surface area contributed by atoms with E-state index in [4.69, 9.17) is 11.6 Å². The fourth-order valence-corrected chi connectivity index (χ4v) is 2.85. The second-order valence-electron chi connectivity index (χ2n) is 5.88. The van der Waals surface area contributed by atoms with E-state index < -0.39 is 29.3 Å². The molecule has 1 amide bonds. The monoisotopic (exact) mass is 438 g/mol. The van der Waals surface area contributed by atoms with Crippen LogP contribution in [0.5, 0.6) is 0 Å². The van der Waals surface area contributed by atoms with E-state index in [-0.39, 0.29) is 28.7 Å². The summed E-state index contributed by atoms with van der Waals surface area (Å²) in [5, 5.41) is 6.22. The van der Waals surface area contributed by atoms with E-state index >= 15 is 0 Å². The molecule has 0 radical (unpaired) electrons. The summed E-state index contributed by atoms with van der Waals surface area (Å²) in [5.41, 5.74) is -1.71. The van der Waals surface area contributed by atoms with Gasteiger partial charge in [-0.25, -0.2) is 14.5 Å². The summed E-state index contributed by atoms with van der Waals surface area (Å²) in [4.78, 5) is 28.1. The second-order valence-corrected chi connectivity index (χ2v) is 6.24. The number of hydrogen-bond acceptors (Lipinski definition) is 5. The Morgan fingerprint density at radius 1 is 1.20 bits per heavy atom. The molecule has 1 N–H and O–H groups in total. The first-order valence-electron chi connectivity index (χ1n) is 8.57. The maximum atomic E-state index is 13.6. The van der Waals surface area contributed by atoms with Crippen LogP contribution < -0.4 is 5.32 Å². The summed E-state index contributed by atoms with van der Waals surface area (Å²) in [6.45, 7) is 1.40. The van der Waals surface area contributed by atoms with Crippen LogP contribution >= 0.6 is 11.6 Å². The maximum absolute atomic E-state index is 13.6. The number of anilines is 1. The van der Waals surface area contributed by atoms with Gasteiger partial charge in [0.15, 0.2) is 5.69 Å². The minimum atomic E-state index is -4.87. The normalized spacial score (nSPS) is 11.2. The third kappa shape index (κ3) is 4.43. The number of alkyl halides is 3. The van der Waals surface area contributed by atoms with Crippen LogP contribution in [-0.2, 0) is 10.9 Å². The Morgan fingerprint density at radius 3 is 2.63 bits per heavy atom. The van der Waals surface area contributed by atoms with E-state index in [2.05, 4.69) is 20.1 Å². The van der Waals surface area contributed by atoms with E-state index in [0.717, 1.165) is 6.20 Å². The highest BCUT2D eigenvalue weighted by atomic mass is 35.5. The van der Waals surface area contributed by atoms with Crippen molar-refractivity contribution in [2.24, 2.45) is 0 Å². The number of amides is 1. The van der Waals surface area contributed by atoms with Crippen molar-refractivity contribution in [2.75, 3.05) is 11.9 Å². The van der Waals surface area contributed by atoms with Gasteiger partial charge in [0.25, 0.3) is 5.91 Å². The van der Waals surface area contributed by atoms with Crippen LogP contribution in [0.3, 0.4) is 0 Å². The van der Waals surface area contributed by atoms with E-state index in [0.29, 0.717) is 4.68 Å². The number of nitrogens with one attached hydrogen (secondary N) is 1. The number of pyridine rings is 1. The average molecular weight is 439 g/mol. The zero-order valence-electron chi connectivity index (χ0n) is 15.4. The van der Waals surface area contributed by atoms with E-state index in [1.165, 1.54) is 49.5 Å². The summed E-state index contributed by atoms with van der Waals surface area (Å²) in [5.74, 6) is -1.72. The van der Waals surface area contributed by atoms with E-state index in [1.54, 1.807) is 0 Å². The number of carbonyl (C=O) groups excluding carboxylic acids is 2. The Morgan fingerprint density at radius 2 is 1.97 bits per heavy atom. The quantitative estimate of drug-likeness (QED) is 0.472. The number of aromatic nitrogens is 3. The Hall–Kier alpha value is -3.40. The lowest BCUT2D eigenvalue weighted by molar-refractivity contribution is -0.143. The van der Waals surface area contributed by atoms with Crippen LogP contribution in [0.4, 0.5) is 18.9 Å². The molecule has 0 atom stereocenters. The number of hydrogen-bond donors (Lipinski definition) is 1. The lowest BCUT2D eigenvalue weighted by Crippen LogP contribution is -2.19. The smallest absolute Gasteiger partial charge is 0.434 e. The molecule has 30 heavy (non-hydrogen) atoms. The summed E-state index contributed by atoms with van der Waals surface area (Å²) in [7, 11) is 0. The SMILES string of the molecule is CCOC(=O)c1cnn(-c2cccc(NC(=O)c3cccnc3Cl)c2)c1C(F)(F)F. The van der Waals surface area contributed by atoms with Crippen LogP contribution in [0.2, 0.25) is 5.15 Å². The third-order valence-corrected chi connectivity index (χ3v) is 4.19. The van der Waals surface area contributed by atoms with Gasteiger partial charge < -0.3 is 10.1 Å². The Labute approximate surface area is 173 Å². The highest BCUT2D eigenvalue weighted by Crippen LogP contribution is 2.34. The molecule has 7 nitrogen and oxygen atoms in total. The number of esters is 1. The Bertz CT molecular complexity index is 1100. The third-order valence-electron chi connectivity index (χ3n) is 3.89. The predicted molar refractivity (Wildman–Crippen MR) is 102 cm³/mol. The number of halogens is 4. The van der Waals surface area contributed by atoms with Crippen molar-refractivity contribution in [3.63, 3.8) is 0 Å². The molecule has 0 aliphatic heterocycles. The molecule has 0 fully saturated rings. The molecule has 2 aromatic heterocycles. The van der Waals surface area contributed by atoms with Crippen molar-refractivity contribution in [2.45, 2.75) is 13.1 Å². The molecule has 0 aliphatic carbocycles. The van der Waals surface area contributed by atoms with Gasteiger partial charge >= 0.3 is 12.1 Å². The topological polar surface area (TPSA) is 86.1 Å². The largest absolute Gasteiger partial charge is 0.462 e. The van der Waals surface area contributed by atoms with Gasteiger partial charge in [0.1, 0.15) is 10.7 Å². The number of nitrogens with zero attached hydrogens (tertiary/aromatic N) is 3. The van der Waals surface area contributed by atoms with Gasteiger partial charge in [-0.15, -0.1) is 0 Å². The molecule has 0 saturated carbocycles. The second kappa shape index (κ2) is 8.54. The first-order chi connectivity index (χ1) is 14.2. The molecular formula is C19H14ClF3N4O3. The van der Waals surface area contributed by atoms with Gasteiger partial charge in [-0.3, -0.25) is 4.79 Å². The molecule has 0 spiro atoms. The number of carbonyl (C=O) groups is 2. The lowest BCUT2D eigenvalue weighted by Gasteiger charge is -2.13. The molecule has 3 rings (SSSR count). The lowest BCUT2D eigenvalue weighted by atomic mass is 10.2. The number of benzene rings is 1. The Kier molecular flexibility index (Phi) is 6.06. The summed E-state index contributed by atoms with van der Waals surface area (Å²) >= 11 is 5.89. The molecular weight excluding hydrogens is 425 g/mol. The molecule has 0 saturated heterocycles. The maximum Gasteiger partial charge on any atom is 0.434 e. The number of rotatable bonds is 5. The van der Waals surface area contributed by atoms with Crippen LogP contribution in [0.1, 0.15) is 33.3 Å². The average Bonchev–Trinajstić information content (AvgIpc) is 3.14. The first-order valence-corrected chi connectivity index (χ1v) is 8.94. The van der Waals surface area contributed by atoms with Gasteiger partial charge in [-0.2, -0.15) is 18.3 Å². The number of ether oxygens (including phenoxy) is 1. The van der Waals surface area contributed by atoms with E-state index in [9.17, 15) is 22.8 Å². The van der Waals surface area contributed by atoms with Crippen molar-refractivity contribution in [1.82, 2.24) is 14.8 Å².